The van der Waals surface area contributed by atoms with Crippen LogP contribution in [0.5, 0.6) is 17.2 Å². The maximum atomic E-state index is 6.09. The van der Waals surface area contributed by atoms with Crippen molar-refractivity contribution in [3.8, 4) is 17.2 Å². The van der Waals surface area contributed by atoms with Crippen molar-refractivity contribution in [2.45, 2.75) is 25.3 Å². The Morgan fingerprint density at radius 3 is 2.10 bits per heavy atom. The molecule has 4 N–H and O–H groups in total. The summed E-state index contributed by atoms with van der Waals surface area (Å²) in [6, 6.07) is 3.89. The van der Waals surface area contributed by atoms with E-state index in [0.29, 0.717) is 23.8 Å². The molecule has 7 heteroatoms. The molecule has 1 atom stereocenters. The largest absolute Gasteiger partial charge is 0.493 e. The molecule has 1 aromatic rings. The molecule has 0 aliphatic rings. The Morgan fingerprint density at radius 1 is 1.00 bits per heavy atom. The van der Waals surface area contributed by atoms with E-state index in [1.54, 1.807) is 21.3 Å². The van der Waals surface area contributed by atoms with E-state index in [1.807, 2.05) is 12.1 Å². The second-order valence-corrected chi connectivity index (χ2v) is 4.39. The van der Waals surface area contributed by atoms with Gasteiger partial charge in [-0.3, -0.25) is 0 Å². The highest BCUT2D eigenvalue weighted by atomic mass is 35.5. The summed E-state index contributed by atoms with van der Waals surface area (Å²) >= 11 is 0. The van der Waals surface area contributed by atoms with Gasteiger partial charge < -0.3 is 25.7 Å². The Hall–Kier alpha value is -0.880. The third-order valence-electron chi connectivity index (χ3n) is 3.05. The van der Waals surface area contributed by atoms with Gasteiger partial charge in [-0.25, -0.2) is 0 Å². The van der Waals surface area contributed by atoms with E-state index in [2.05, 4.69) is 0 Å². The smallest absolute Gasteiger partial charge is 0.203 e. The van der Waals surface area contributed by atoms with Crippen molar-refractivity contribution >= 4 is 24.8 Å². The molecule has 0 aromatic heterocycles. The lowest BCUT2D eigenvalue weighted by atomic mass is 10.0. The van der Waals surface area contributed by atoms with Gasteiger partial charge in [0.15, 0.2) is 11.5 Å². The van der Waals surface area contributed by atoms with Crippen molar-refractivity contribution in [1.82, 2.24) is 0 Å². The number of benzene rings is 1. The number of hydrogen-bond acceptors (Lipinski definition) is 5. The molecule has 0 aliphatic heterocycles. The van der Waals surface area contributed by atoms with Gasteiger partial charge in [-0.2, -0.15) is 0 Å². The van der Waals surface area contributed by atoms with Crippen molar-refractivity contribution in [2.24, 2.45) is 11.5 Å². The van der Waals surface area contributed by atoms with E-state index in [4.69, 9.17) is 25.7 Å². The Kier molecular flexibility index (Phi) is 12.5. The zero-order chi connectivity index (χ0) is 14.3. The van der Waals surface area contributed by atoms with Crippen LogP contribution in [0.25, 0.3) is 0 Å². The quantitative estimate of drug-likeness (QED) is 0.757. The summed E-state index contributed by atoms with van der Waals surface area (Å²) in [4.78, 5) is 0. The van der Waals surface area contributed by atoms with Crippen LogP contribution >= 0.6 is 24.8 Å². The van der Waals surface area contributed by atoms with Gasteiger partial charge in [0.2, 0.25) is 5.75 Å². The summed E-state index contributed by atoms with van der Waals surface area (Å²) in [5.74, 6) is 1.94. The van der Waals surface area contributed by atoms with Gasteiger partial charge >= 0.3 is 0 Å². The maximum Gasteiger partial charge on any atom is 0.203 e. The third kappa shape index (κ3) is 6.18. The molecule has 5 nitrogen and oxygen atoms in total. The first kappa shape index (κ1) is 22.4. The molecule has 21 heavy (non-hydrogen) atoms. The minimum Gasteiger partial charge on any atom is -0.493 e. The molecule has 0 saturated carbocycles. The molecule has 0 saturated heterocycles. The molecular formula is C14H26Cl2N2O3. The number of halogens is 2. The Labute approximate surface area is 139 Å². The van der Waals surface area contributed by atoms with Crippen LogP contribution in [-0.2, 0) is 6.42 Å². The van der Waals surface area contributed by atoms with E-state index in [0.717, 1.165) is 24.8 Å². The van der Waals surface area contributed by atoms with Gasteiger partial charge in [0.05, 0.1) is 21.3 Å². The maximum absolute atomic E-state index is 6.09. The monoisotopic (exact) mass is 340 g/mol. The molecule has 1 rings (SSSR count). The lowest BCUT2D eigenvalue weighted by Gasteiger charge is -2.18. The molecule has 0 fully saturated rings. The Morgan fingerprint density at radius 2 is 1.62 bits per heavy atom. The van der Waals surface area contributed by atoms with Gasteiger partial charge in [-0.15, -0.1) is 24.8 Å². The average molecular weight is 341 g/mol. The van der Waals surface area contributed by atoms with E-state index in [1.165, 1.54) is 0 Å². The summed E-state index contributed by atoms with van der Waals surface area (Å²) in [6.45, 7) is 0.663. The van der Waals surface area contributed by atoms with Crippen LogP contribution in [0.3, 0.4) is 0 Å². The zero-order valence-corrected chi connectivity index (χ0v) is 14.4. The molecule has 0 amide bonds. The van der Waals surface area contributed by atoms with Crippen molar-refractivity contribution in [2.75, 3.05) is 27.9 Å². The second kappa shape index (κ2) is 11.7. The summed E-state index contributed by atoms with van der Waals surface area (Å²) in [6.07, 6.45) is 2.55. The molecule has 1 aromatic carbocycles. The first-order chi connectivity index (χ1) is 9.17. The highest BCUT2D eigenvalue weighted by Gasteiger charge is 2.17. The Bertz CT molecular complexity index is 406. The van der Waals surface area contributed by atoms with Crippen molar-refractivity contribution < 1.29 is 14.2 Å². The molecule has 0 bridgehead atoms. The third-order valence-corrected chi connectivity index (χ3v) is 3.05. The zero-order valence-electron chi connectivity index (χ0n) is 12.8. The molecule has 0 heterocycles. The number of hydrogen-bond donors (Lipinski definition) is 2. The molecular weight excluding hydrogens is 315 g/mol. The summed E-state index contributed by atoms with van der Waals surface area (Å²) in [5.41, 5.74) is 12.6. The number of ether oxygens (including phenoxy) is 3. The van der Waals surface area contributed by atoms with Crippen LogP contribution in [0.4, 0.5) is 0 Å². The van der Waals surface area contributed by atoms with Crippen molar-refractivity contribution in [3.63, 3.8) is 0 Å². The van der Waals surface area contributed by atoms with E-state index >= 15 is 0 Å². The number of rotatable bonds is 8. The minimum absolute atomic E-state index is 0. The predicted molar refractivity (Wildman–Crippen MR) is 90.6 cm³/mol. The van der Waals surface area contributed by atoms with Crippen LogP contribution in [0.2, 0.25) is 0 Å². The fraction of sp³-hybridized carbons (Fsp3) is 0.571. The summed E-state index contributed by atoms with van der Waals surface area (Å²) < 4.78 is 16.0. The van der Waals surface area contributed by atoms with Crippen molar-refractivity contribution in [1.29, 1.82) is 0 Å². The molecule has 0 spiro atoms. The summed E-state index contributed by atoms with van der Waals surface area (Å²) in [7, 11) is 4.81. The second-order valence-electron chi connectivity index (χ2n) is 4.39. The highest BCUT2D eigenvalue weighted by molar-refractivity contribution is 5.85. The highest BCUT2D eigenvalue weighted by Crippen LogP contribution is 2.40. The lowest BCUT2D eigenvalue weighted by Crippen LogP contribution is -2.24. The van der Waals surface area contributed by atoms with Crippen LogP contribution in [0, 0.1) is 0 Å². The SMILES string of the molecule is COc1ccc(CC(N)CCCN)c(OC)c1OC.Cl.Cl. The lowest BCUT2D eigenvalue weighted by molar-refractivity contribution is 0.321. The van der Waals surface area contributed by atoms with Crippen LogP contribution in [-0.4, -0.2) is 33.9 Å². The van der Waals surface area contributed by atoms with Crippen LogP contribution < -0.4 is 25.7 Å². The van der Waals surface area contributed by atoms with Gasteiger partial charge in [0.1, 0.15) is 0 Å². The van der Waals surface area contributed by atoms with E-state index in [9.17, 15) is 0 Å². The Balaban J connectivity index is 0. The first-order valence-electron chi connectivity index (χ1n) is 6.41. The van der Waals surface area contributed by atoms with Gasteiger partial charge in [-0.1, -0.05) is 6.07 Å². The van der Waals surface area contributed by atoms with Gasteiger partial charge in [0.25, 0.3) is 0 Å². The molecule has 124 valence electrons. The fourth-order valence-electron chi connectivity index (χ4n) is 2.09. The predicted octanol–water partition coefficient (Wildman–Crippen LogP) is 2.16. The number of methoxy groups -OCH3 is 3. The first-order valence-corrected chi connectivity index (χ1v) is 6.41. The van der Waals surface area contributed by atoms with Gasteiger partial charge in [0, 0.05) is 6.04 Å². The molecule has 0 radical (unpaired) electrons. The van der Waals surface area contributed by atoms with E-state index in [-0.39, 0.29) is 30.9 Å². The average Bonchev–Trinajstić information content (AvgIpc) is 2.44. The molecule has 0 aliphatic carbocycles. The fourth-order valence-corrected chi connectivity index (χ4v) is 2.09. The van der Waals surface area contributed by atoms with E-state index < -0.39 is 0 Å². The molecule has 1 unspecified atom stereocenters. The minimum atomic E-state index is 0. The van der Waals surface area contributed by atoms with Crippen molar-refractivity contribution in [3.05, 3.63) is 17.7 Å². The normalized spacial score (nSPS) is 10.9. The van der Waals surface area contributed by atoms with Crippen LogP contribution in [0.15, 0.2) is 12.1 Å². The van der Waals surface area contributed by atoms with Gasteiger partial charge in [-0.05, 0) is 37.4 Å². The number of nitrogens with two attached hydrogens (primary N) is 2. The van der Waals surface area contributed by atoms with Crippen LogP contribution in [0.1, 0.15) is 18.4 Å². The topological polar surface area (TPSA) is 79.7 Å². The summed E-state index contributed by atoms with van der Waals surface area (Å²) in [5, 5.41) is 0. The standard InChI is InChI=1S/C14H24N2O3.2ClH/c1-17-12-7-6-10(9-11(16)5-4-8-15)13(18-2)14(12)19-3;;/h6-7,11H,4-5,8-9,15-16H2,1-3H3;2*1H.